The lowest BCUT2D eigenvalue weighted by Gasteiger charge is -2.15. The average Bonchev–Trinajstić information content (AvgIpc) is 2.94. The third-order valence-corrected chi connectivity index (χ3v) is 3.38. The highest BCUT2D eigenvalue weighted by molar-refractivity contribution is 5.94. The highest BCUT2D eigenvalue weighted by Gasteiger charge is 2.28. The van der Waals surface area contributed by atoms with E-state index < -0.39 is 17.8 Å². The lowest BCUT2D eigenvalue weighted by Crippen LogP contribution is -2.38. The molecule has 1 aliphatic rings. The van der Waals surface area contributed by atoms with Crippen LogP contribution in [0.15, 0.2) is 18.2 Å². The van der Waals surface area contributed by atoms with Gasteiger partial charge < -0.3 is 19.7 Å². The number of amides is 2. The first-order chi connectivity index (χ1) is 10.0. The van der Waals surface area contributed by atoms with Crippen LogP contribution in [-0.4, -0.2) is 50.3 Å². The molecule has 1 aromatic rings. The summed E-state index contributed by atoms with van der Waals surface area (Å²) < 4.78 is 23.3. The standard InChI is InChI=1S/C14H17FN2O4/c1-20-10-3-4-11(12(15)7-10)13(18)16-9-5-6-17(8-9)14(19)21-2/h3-4,7,9H,5-6,8H2,1-2H3,(H,16,18)/t9-/m0/s1. The first-order valence-corrected chi connectivity index (χ1v) is 6.52. The third-order valence-electron chi connectivity index (χ3n) is 3.38. The fraction of sp³-hybridized carbons (Fsp3) is 0.429. The molecular formula is C14H17FN2O4. The van der Waals surface area contributed by atoms with E-state index in [0.29, 0.717) is 25.3 Å². The molecule has 0 radical (unpaired) electrons. The Labute approximate surface area is 121 Å². The number of carbonyl (C=O) groups is 2. The molecule has 2 amide bonds. The topological polar surface area (TPSA) is 67.9 Å². The molecule has 1 aromatic carbocycles. The molecule has 1 atom stereocenters. The van der Waals surface area contributed by atoms with Crippen LogP contribution in [0.5, 0.6) is 5.75 Å². The summed E-state index contributed by atoms with van der Waals surface area (Å²) in [5.41, 5.74) is -0.0488. The van der Waals surface area contributed by atoms with Gasteiger partial charge >= 0.3 is 6.09 Å². The molecule has 114 valence electrons. The first kappa shape index (κ1) is 15.1. The van der Waals surface area contributed by atoms with Gasteiger partial charge in [0, 0.05) is 25.2 Å². The molecule has 0 aromatic heterocycles. The number of halogens is 1. The second-order valence-corrected chi connectivity index (χ2v) is 4.72. The summed E-state index contributed by atoms with van der Waals surface area (Å²) in [4.78, 5) is 24.9. The van der Waals surface area contributed by atoms with Crippen molar-refractivity contribution in [2.24, 2.45) is 0 Å². The van der Waals surface area contributed by atoms with Gasteiger partial charge in [0.1, 0.15) is 11.6 Å². The summed E-state index contributed by atoms with van der Waals surface area (Å²) in [5, 5.41) is 2.71. The minimum absolute atomic E-state index is 0.0488. The van der Waals surface area contributed by atoms with E-state index in [4.69, 9.17) is 4.74 Å². The van der Waals surface area contributed by atoms with Crippen LogP contribution in [0.4, 0.5) is 9.18 Å². The van der Waals surface area contributed by atoms with Crippen LogP contribution < -0.4 is 10.1 Å². The second kappa shape index (κ2) is 6.43. The molecule has 0 spiro atoms. The molecule has 1 aliphatic heterocycles. The van der Waals surface area contributed by atoms with E-state index in [1.807, 2.05) is 0 Å². The largest absolute Gasteiger partial charge is 0.497 e. The Bertz CT molecular complexity index is 550. The van der Waals surface area contributed by atoms with Crippen LogP contribution in [-0.2, 0) is 4.74 Å². The van der Waals surface area contributed by atoms with Crippen LogP contribution in [0.2, 0.25) is 0 Å². The summed E-state index contributed by atoms with van der Waals surface area (Å²) in [6, 6.07) is 3.84. The highest BCUT2D eigenvalue weighted by atomic mass is 19.1. The van der Waals surface area contributed by atoms with Crippen LogP contribution in [0.3, 0.4) is 0 Å². The zero-order valence-electron chi connectivity index (χ0n) is 11.9. The van der Waals surface area contributed by atoms with Gasteiger partial charge in [0.15, 0.2) is 0 Å². The van der Waals surface area contributed by atoms with E-state index in [0.717, 1.165) is 6.07 Å². The zero-order valence-corrected chi connectivity index (χ0v) is 11.9. The smallest absolute Gasteiger partial charge is 0.409 e. The van der Waals surface area contributed by atoms with Crippen molar-refractivity contribution in [3.63, 3.8) is 0 Å². The summed E-state index contributed by atoms with van der Waals surface area (Å²) in [6.45, 7) is 0.860. The molecule has 0 aliphatic carbocycles. The number of hydrogen-bond donors (Lipinski definition) is 1. The molecule has 21 heavy (non-hydrogen) atoms. The van der Waals surface area contributed by atoms with Gasteiger partial charge in [0.25, 0.3) is 5.91 Å². The SMILES string of the molecule is COC(=O)N1CC[C@H](NC(=O)c2ccc(OC)cc2F)C1. The maximum absolute atomic E-state index is 13.8. The van der Waals surface area contributed by atoms with Gasteiger partial charge in [-0.2, -0.15) is 0 Å². The van der Waals surface area contributed by atoms with Crippen molar-refractivity contribution in [1.29, 1.82) is 0 Å². The van der Waals surface area contributed by atoms with Crippen molar-refractivity contribution in [3.8, 4) is 5.75 Å². The van der Waals surface area contributed by atoms with E-state index in [9.17, 15) is 14.0 Å². The summed E-state index contributed by atoms with van der Waals surface area (Å²) in [7, 11) is 2.73. The Balaban J connectivity index is 1.98. The van der Waals surface area contributed by atoms with Crippen molar-refractivity contribution in [2.75, 3.05) is 27.3 Å². The minimum atomic E-state index is -0.644. The fourth-order valence-corrected chi connectivity index (χ4v) is 2.24. The van der Waals surface area contributed by atoms with Crippen molar-refractivity contribution < 1.29 is 23.5 Å². The van der Waals surface area contributed by atoms with E-state index in [1.54, 1.807) is 0 Å². The number of nitrogens with zero attached hydrogens (tertiary/aromatic N) is 1. The van der Waals surface area contributed by atoms with Gasteiger partial charge in [-0.3, -0.25) is 4.79 Å². The van der Waals surface area contributed by atoms with E-state index >= 15 is 0 Å². The van der Waals surface area contributed by atoms with Crippen LogP contribution in [0.1, 0.15) is 16.8 Å². The number of carbonyl (C=O) groups excluding carboxylic acids is 2. The number of methoxy groups -OCH3 is 2. The van der Waals surface area contributed by atoms with E-state index in [1.165, 1.54) is 31.3 Å². The Morgan fingerprint density at radius 1 is 1.38 bits per heavy atom. The normalized spacial score (nSPS) is 17.5. The number of ether oxygens (including phenoxy) is 2. The highest BCUT2D eigenvalue weighted by Crippen LogP contribution is 2.17. The Morgan fingerprint density at radius 3 is 2.76 bits per heavy atom. The van der Waals surface area contributed by atoms with Crippen LogP contribution in [0, 0.1) is 5.82 Å². The van der Waals surface area contributed by atoms with Crippen molar-refractivity contribution in [1.82, 2.24) is 10.2 Å². The molecule has 1 saturated heterocycles. The fourth-order valence-electron chi connectivity index (χ4n) is 2.24. The number of hydrogen-bond acceptors (Lipinski definition) is 4. The summed E-state index contributed by atoms with van der Waals surface area (Å²) >= 11 is 0. The maximum atomic E-state index is 13.8. The zero-order chi connectivity index (χ0) is 15.4. The predicted molar refractivity (Wildman–Crippen MR) is 72.8 cm³/mol. The van der Waals surface area contributed by atoms with Crippen molar-refractivity contribution in [3.05, 3.63) is 29.6 Å². The Morgan fingerprint density at radius 2 is 2.14 bits per heavy atom. The molecule has 0 saturated carbocycles. The maximum Gasteiger partial charge on any atom is 0.409 e. The Hall–Kier alpha value is -2.31. The average molecular weight is 296 g/mol. The quantitative estimate of drug-likeness (QED) is 0.915. The van der Waals surface area contributed by atoms with Crippen molar-refractivity contribution >= 4 is 12.0 Å². The molecule has 1 N–H and O–H groups in total. The lowest BCUT2D eigenvalue weighted by atomic mass is 10.1. The van der Waals surface area contributed by atoms with Gasteiger partial charge in [-0.05, 0) is 18.6 Å². The first-order valence-electron chi connectivity index (χ1n) is 6.52. The van der Waals surface area contributed by atoms with Gasteiger partial charge in [0.2, 0.25) is 0 Å². The monoisotopic (exact) mass is 296 g/mol. The van der Waals surface area contributed by atoms with Gasteiger partial charge in [-0.1, -0.05) is 0 Å². The van der Waals surface area contributed by atoms with Gasteiger partial charge in [-0.15, -0.1) is 0 Å². The van der Waals surface area contributed by atoms with Crippen molar-refractivity contribution in [2.45, 2.75) is 12.5 Å². The molecule has 0 unspecified atom stereocenters. The second-order valence-electron chi connectivity index (χ2n) is 4.72. The van der Waals surface area contributed by atoms with Crippen LogP contribution >= 0.6 is 0 Å². The number of nitrogens with one attached hydrogen (secondary N) is 1. The Kier molecular flexibility index (Phi) is 4.62. The molecule has 1 heterocycles. The molecule has 6 nitrogen and oxygen atoms in total. The molecule has 0 bridgehead atoms. The number of benzene rings is 1. The predicted octanol–water partition coefficient (Wildman–Crippen LogP) is 1.40. The molecular weight excluding hydrogens is 279 g/mol. The number of likely N-dealkylation sites (tertiary alicyclic amines) is 1. The van der Waals surface area contributed by atoms with Gasteiger partial charge in [-0.25, -0.2) is 9.18 Å². The lowest BCUT2D eigenvalue weighted by molar-refractivity contribution is 0.0930. The van der Waals surface area contributed by atoms with E-state index in [2.05, 4.69) is 10.1 Å². The van der Waals surface area contributed by atoms with Gasteiger partial charge in [0.05, 0.1) is 19.8 Å². The van der Waals surface area contributed by atoms with E-state index in [-0.39, 0.29) is 11.6 Å². The van der Waals surface area contributed by atoms with Crippen LogP contribution in [0.25, 0.3) is 0 Å². The summed E-state index contributed by atoms with van der Waals surface area (Å²) in [6.07, 6.45) is 0.181. The summed E-state index contributed by atoms with van der Waals surface area (Å²) in [5.74, 6) is -0.802. The molecule has 7 heteroatoms. The number of rotatable bonds is 3. The minimum Gasteiger partial charge on any atom is -0.497 e. The third kappa shape index (κ3) is 3.42. The molecule has 2 rings (SSSR count). The molecule has 1 fully saturated rings.